The summed E-state index contributed by atoms with van der Waals surface area (Å²) in [5.74, 6) is 0.824. The van der Waals surface area contributed by atoms with Crippen molar-refractivity contribution in [3.63, 3.8) is 0 Å². The molecule has 1 N–H and O–H groups in total. The van der Waals surface area contributed by atoms with Crippen LogP contribution in [0.2, 0.25) is 0 Å². The Labute approximate surface area is 112 Å². The zero-order chi connectivity index (χ0) is 13.8. The summed E-state index contributed by atoms with van der Waals surface area (Å²) in [7, 11) is 0. The predicted molar refractivity (Wildman–Crippen MR) is 71.9 cm³/mol. The van der Waals surface area contributed by atoms with E-state index in [9.17, 15) is 4.79 Å². The summed E-state index contributed by atoms with van der Waals surface area (Å²) < 4.78 is 3.81. The molecule has 0 aliphatic heterocycles. The highest BCUT2D eigenvalue weighted by Crippen LogP contribution is 2.02. The second kappa shape index (κ2) is 5.69. The van der Waals surface area contributed by atoms with Crippen LogP contribution in [0.4, 0.5) is 0 Å². The predicted octanol–water partition coefficient (Wildman–Crippen LogP) is 1.15. The fraction of sp³-hybridized carbons (Fsp3) is 0.462. The highest BCUT2D eigenvalue weighted by atomic mass is 16.1. The van der Waals surface area contributed by atoms with E-state index in [2.05, 4.69) is 20.0 Å². The summed E-state index contributed by atoms with van der Waals surface area (Å²) in [4.78, 5) is 16.1. The van der Waals surface area contributed by atoms with Crippen LogP contribution in [0.1, 0.15) is 28.9 Å². The highest BCUT2D eigenvalue weighted by molar-refractivity contribution is 5.92. The Bertz CT molecular complexity index is 550. The first-order valence-electron chi connectivity index (χ1n) is 6.42. The molecule has 6 heteroatoms. The first-order chi connectivity index (χ1) is 9.11. The third-order valence-corrected chi connectivity index (χ3v) is 3.07. The standard InChI is InChI=1S/C13H19N5O/c1-4-17-7-5-12(16-17)13(19)14-6-8-18-10(2)9-15-11(18)3/h5,7,9H,4,6,8H2,1-3H3,(H,14,19). The molecule has 0 saturated carbocycles. The van der Waals surface area contributed by atoms with Gasteiger partial charge in [0.05, 0.1) is 0 Å². The van der Waals surface area contributed by atoms with Gasteiger partial charge in [-0.1, -0.05) is 0 Å². The number of amides is 1. The van der Waals surface area contributed by atoms with Gasteiger partial charge in [-0.15, -0.1) is 0 Å². The van der Waals surface area contributed by atoms with E-state index in [1.54, 1.807) is 16.9 Å². The molecule has 0 saturated heterocycles. The number of hydrogen-bond acceptors (Lipinski definition) is 3. The van der Waals surface area contributed by atoms with E-state index < -0.39 is 0 Å². The van der Waals surface area contributed by atoms with E-state index in [1.165, 1.54) is 0 Å². The number of carbonyl (C=O) groups excluding carboxylic acids is 1. The molecule has 6 nitrogen and oxygen atoms in total. The van der Waals surface area contributed by atoms with Gasteiger partial charge in [0.2, 0.25) is 0 Å². The van der Waals surface area contributed by atoms with Crippen LogP contribution in [0.15, 0.2) is 18.5 Å². The van der Waals surface area contributed by atoms with Gasteiger partial charge in [0.25, 0.3) is 5.91 Å². The number of carbonyl (C=O) groups is 1. The van der Waals surface area contributed by atoms with Gasteiger partial charge in [-0.25, -0.2) is 4.98 Å². The van der Waals surface area contributed by atoms with E-state index in [0.717, 1.165) is 24.6 Å². The molecule has 0 spiro atoms. The van der Waals surface area contributed by atoms with Gasteiger partial charge < -0.3 is 9.88 Å². The quantitative estimate of drug-likeness (QED) is 0.878. The molecule has 19 heavy (non-hydrogen) atoms. The first-order valence-corrected chi connectivity index (χ1v) is 6.42. The summed E-state index contributed by atoms with van der Waals surface area (Å²) in [5.41, 5.74) is 1.56. The molecule has 2 rings (SSSR count). The molecule has 0 aromatic carbocycles. The number of aromatic nitrogens is 4. The average molecular weight is 261 g/mol. The van der Waals surface area contributed by atoms with Crippen molar-refractivity contribution in [2.45, 2.75) is 33.9 Å². The normalized spacial score (nSPS) is 10.7. The lowest BCUT2D eigenvalue weighted by molar-refractivity contribution is 0.0946. The minimum absolute atomic E-state index is 0.136. The second-order valence-corrected chi connectivity index (χ2v) is 4.41. The zero-order valence-corrected chi connectivity index (χ0v) is 11.6. The van der Waals surface area contributed by atoms with Crippen molar-refractivity contribution >= 4 is 5.91 Å². The molecule has 2 aromatic heterocycles. The summed E-state index contributed by atoms with van der Waals surface area (Å²) in [5, 5.41) is 7.03. The highest BCUT2D eigenvalue weighted by Gasteiger charge is 2.09. The molecule has 0 aliphatic carbocycles. The molecule has 0 aliphatic rings. The van der Waals surface area contributed by atoms with Crippen LogP contribution < -0.4 is 5.32 Å². The maximum atomic E-state index is 11.9. The van der Waals surface area contributed by atoms with E-state index in [-0.39, 0.29) is 5.91 Å². The van der Waals surface area contributed by atoms with Crippen molar-refractivity contribution in [3.05, 3.63) is 35.7 Å². The number of aryl methyl sites for hydroxylation is 3. The topological polar surface area (TPSA) is 64.7 Å². The van der Waals surface area contributed by atoms with E-state index >= 15 is 0 Å². The SMILES string of the molecule is CCn1ccc(C(=O)NCCn2c(C)cnc2C)n1. The number of nitrogens with one attached hydrogen (secondary N) is 1. The minimum atomic E-state index is -0.136. The largest absolute Gasteiger partial charge is 0.349 e. The number of hydrogen-bond donors (Lipinski definition) is 1. The van der Waals surface area contributed by atoms with Crippen LogP contribution in [-0.2, 0) is 13.1 Å². The Morgan fingerprint density at radius 3 is 2.79 bits per heavy atom. The number of imidazole rings is 1. The second-order valence-electron chi connectivity index (χ2n) is 4.41. The fourth-order valence-corrected chi connectivity index (χ4v) is 1.95. The van der Waals surface area contributed by atoms with E-state index in [4.69, 9.17) is 0 Å². The average Bonchev–Trinajstić information content (AvgIpc) is 2.99. The maximum absolute atomic E-state index is 11.9. The first kappa shape index (κ1) is 13.3. The summed E-state index contributed by atoms with van der Waals surface area (Å²) in [6, 6.07) is 1.73. The number of nitrogens with zero attached hydrogens (tertiary/aromatic N) is 4. The summed E-state index contributed by atoms with van der Waals surface area (Å²) in [6.07, 6.45) is 3.64. The molecule has 102 valence electrons. The summed E-state index contributed by atoms with van der Waals surface area (Å²) in [6.45, 7) is 8.00. The molecule has 2 heterocycles. The van der Waals surface area contributed by atoms with Gasteiger partial charge in [-0.05, 0) is 26.8 Å². The summed E-state index contributed by atoms with van der Waals surface area (Å²) >= 11 is 0. The van der Waals surface area contributed by atoms with Crippen molar-refractivity contribution < 1.29 is 4.79 Å². The zero-order valence-electron chi connectivity index (χ0n) is 11.6. The van der Waals surface area contributed by atoms with Crippen LogP contribution in [0, 0.1) is 13.8 Å². The molecular formula is C13H19N5O. The molecule has 1 amide bonds. The van der Waals surface area contributed by atoms with Crippen LogP contribution in [0.5, 0.6) is 0 Å². The molecule has 0 bridgehead atoms. The Morgan fingerprint density at radius 2 is 2.21 bits per heavy atom. The van der Waals surface area contributed by atoms with Gasteiger partial charge in [0, 0.05) is 37.7 Å². The molecule has 0 radical (unpaired) electrons. The monoisotopic (exact) mass is 261 g/mol. The molecule has 0 atom stereocenters. The van der Waals surface area contributed by atoms with Crippen LogP contribution in [0.25, 0.3) is 0 Å². The van der Waals surface area contributed by atoms with Crippen molar-refractivity contribution in [3.8, 4) is 0 Å². The van der Waals surface area contributed by atoms with Crippen molar-refractivity contribution in [1.29, 1.82) is 0 Å². The van der Waals surface area contributed by atoms with Crippen molar-refractivity contribution in [2.75, 3.05) is 6.54 Å². The Balaban J connectivity index is 1.87. The Morgan fingerprint density at radius 1 is 1.42 bits per heavy atom. The van der Waals surface area contributed by atoms with E-state index in [1.807, 2.05) is 27.0 Å². The third-order valence-electron chi connectivity index (χ3n) is 3.07. The van der Waals surface area contributed by atoms with Crippen molar-refractivity contribution in [2.24, 2.45) is 0 Å². The lowest BCUT2D eigenvalue weighted by Crippen LogP contribution is -2.28. The van der Waals surface area contributed by atoms with E-state index in [0.29, 0.717) is 12.2 Å². The lowest BCUT2D eigenvalue weighted by atomic mass is 10.4. The molecule has 0 fully saturated rings. The van der Waals surface area contributed by atoms with Gasteiger partial charge in [0.1, 0.15) is 11.5 Å². The lowest BCUT2D eigenvalue weighted by Gasteiger charge is -2.08. The minimum Gasteiger partial charge on any atom is -0.349 e. The fourth-order valence-electron chi connectivity index (χ4n) is 1.95. The van der Waals surface area contributed by atoms with Crippen molar-refractivity contribution in [1.82, 2.24) is 24.6 Å². The molecule has 0 unspecified atom stereocenters. The maximum Gasteiger partial charge on any atom is 0.271 e. The van der Waals surface area contributed by atoms with Gasteiger partial charge in [-0.3, -0.25) is 9.48 Å². The van der Waals surface area contributed by atoms with Gasteiger partial charge >= 0.3 is 0 Å². The Hall–Kier alpha value is -2.11. The number of rotatable bonds is 5. The van der Waals surface area contributed by atoms with Crippen LogP contribution in [-0.4, -0.2) is 31.8 Å². The van der Waals surface area contributed by atoms with Crippen LogP contribution >= 0.6 is 0 Å². The molecule has 2 aromatic rings. The van der Waals surface area contributed by atoms with Crippen LogP contribution in [0.3, 0.4) is 0 Å². The third kappa shape index (κ3) is 3.01. The van der Waals surface area contributed by atoms with Gasteiger partial charge in [0.15, 0.2) is 0 Å². The van der Waals surface area contributed by atoms with Gasteiger partial charge in [-0.2, -0.15) is 5.10 Å². The molecular weight excluding hydrogens is 242 g/mol. The smallest absolute Gasteiger partial charge is 0.271 e. The Kier molecular flexibility index (Phi) is 3.99.